The average molecular weight is 547 g/mol. The van der Waals surface area contributed by atoms with E-state index in [0.29, 0.717) is 23.6 Å². The van der Waals surface area contributed by atoms with Gasteiger partial charge in [-0.15, -0.1) is 0 Å². The van der Waals surface area contributed by atoms with E-state index in [1.807, 2.05) is 33.8 Å². The molecule has 0 heterocycles. The number of rotatable bonds is 13. The van der Waals surface area contributed by atoms with Crippen LogP contribution in [0.25, 0.3) is 0 Å². The number of nitrogens with one attached hydrogen (secondary N) is 2. The van der Waals surface area contributed by atoms with Crippen molar-refractivity contribution in [2.75, 3.05) is 34.0 Å². The number of aliphatic hydroxyl groups excluding tert-OH is 4. The van der Waals surface area contributed by atoms with E-state index in [9.17, 15) is 15.3 Å². The molecule has 0 saturated heterocycles. The molecular weight excluding hydrogens is 496 g/mol. The molecule has 0 aromatic heterocycles. The summed E-state index contributed by atoms with van der Waals surface area (Å²) < 4.78 is 10.5. The van der Waals surface area contributed by atoms with E-state index in [1.165, 1.54) is 30.4 Å². The van der Waals surface area contributed by atoms with Gasteiger partial charge in [0.15, 0.2) is 0 Å². The lowest BCUT2D eigenvalue weighted by Crippen LogP contribution is -2.49. The van der Waals surface area contributed by atoms with Crippen LogP contribution in [-0.2, 0) is 12.8 Å². The first kappa shape index (κ1) is 33.0. The Balaban J connectivity index is 0.000000274. The number of fused-ring (bicyclic) bond motifs is 1. The molecule has 0 spiro atoms. The third kappa shape index (κ3) is 10.0. The quantitative estimate of drug-likeness (QED) is 0.226. The van der Waals surface area contributed by atoms with Crippen LogP contribution in [0.4, 0.5) is 0 Å². The van der Waals surface area contributed by atoms with Gasteiger partial charge >= 0.3 is 0 Å². The van der Waals surface area contributed by atoms with Crippen molar-refractivity contribution in [3.05, 3.63) is 58.7 Å². The third-order valence-electron chi connectivity index (χ3n) is 7.31. The maximum atomic E-state index is 10.5. The van der Waals surface area contributed by atoms with Gasteiger partial charge in [0.1, 0.15) is 11.5 Å². The summed E-state index contributed by atoms with van der Waals surface area (Å²) in [7, 11) is 3.14. The van der Waals surface area contributed by atoms with Crippen LogP contribution in [0.5, 0.6) is 11.5 Å². The summed E-state index contributed by atoms with van der Waals surface area (Å²) in [5.74, 6) is 1.27. The Morgan fingerprint density at radius 1 is 0.949 bits per heavy atom. The van der Waals surface area contributed by atoms with Crippen molar-refractivity contribution in [3.63, 3.8) is 0 Å². The van der Waals surface area contributed by atoms with Gasteiger partial charge < -0.3 is 40.5 Å². The van der Waals surface area contributed by atoms with Crippen LogP contribution in [0.1, 0.15) is 81.4 Å². The van der Waals surface area contributed by atoms with Gasteiger partial charge in [-0.25, -0.2) is 0 Å². The first-order valence-electron chi connectivity index (χ1n) is 14.0. The Kier molecular flexibility index (Phi) is 13.7. The first-order valence-corrected chi connectivity index (χ1v) is 14.0. The van der Waals surface area contributed by atoms with E-state index < -0.39 is 17.7 Å². The number of ether oxygens (including phenoxy) is 2. The van der Waals surface area contributed by atoms with Gasteiger partial charge in [-0.1, -0.05) is 25.1 Å². The van der Waals surface area contributed by atoms with E-state index in [-0.39, 0.29) is 25.3 Å². The summed E-state index contributed by atoms with van der Waals surface area (Å²) >= 11 is 0. The molecule has 8 nitrogen and oxygen atoms in total. The number of aryl methyl sites for hydroxylation is 2. The average Bonchev–Trinajstić information content (AvgIpc) is 2.96. The van der Waals surface area contributed by atoms with Gasteiger partial charge in [0, 0.05) is 29.7 Å². The van der Waals surface area contributed by atoms with Crippen LogP contribution >= 0.6 is 0 Å². The summed E-state index contributed by atoms with van der Waals surface area (Å²) in [6, 6.07) is 11.5. The molecule has 2 aromatic rings. The molecule has 4 atom stereocenters. The predicted molar refractivity (Wildman–Crippen MR) is 155 cm³/mol. The zero-order valence-corrected chi connectivity index (χ0v) is 24.5. The highest BCUT2D eigenvalue weighted by molar-refractivity contribution is 5.42. The summed E-state index contributed by atoms with van der Waals surface area (Å²) in [4.78, 5) is 0. The summed E-state index contributed by atoms with van der Waals surface area (Å²) in [5.41, 5.74) is 4.02. The Morgan fingerprint density at radius 2 is 1.64 bits per heavy atom. The molecule has 39 heavy (non-hydrogen) atoms. The van der Waals surface area contributed by atoms with Crippen molar-refractivity contribution in [2.45, 2.75) is 89.6 Å². The van der Waals surface area contributed by atoms with Crippen molar-refractivity contribution >= 4 is 0 Å². The number of aliphatic hydroxyl groups is 4. The number of benzene rings is 2. The summed E-state index contributed by atoms with van der Waals surface area (Å²) in [6.07, 6.45) is 4.45. The second kappa shape index (κ2) is 16.2. The van der Waals surface area contributed by atoms with Gasteiger partial charge in [-0.3, -0.25) is 0 Å². The van der Waals surface area contributed by atoms with Crippen LogP contribution < -0.4 is 20.1 Å². The molecule has 0 radical (unpaired) electrons. The fourth-order valence-electron chi connectivity index (χ4n) is 4.78. The highest BCUT2D eigenvalue weighted by Gasteiger charge is 2.26. The van der Waals surface area contributed by atoms with Gasteiger partial charge in [-0.05, 0) is 87.8 Å². The molecule has 0 fully saturated rings. The Hall–Kier alpha value is -2.20. The highest BCUT2D eigenvalue weighted by atomic mass is 16.5. The molecule has 0 bridgehead atoms. The molecule has 220 valence electrons. The zero-order chi connectivity index (χ0) is 29.0. The number of hydrogen-bond donors (Lipinski definition) is 6. The minimum absolute atomic E-state index is 0.0146. The largest absolute Gasteiger partial charge is 0.497 e. The molecule has 3 rings (SSSR count). The van der Waals surface area contributed by atoms with Crippen LogP contribution in [0, 0.1) is 0 Å². The van der Waals surface area contributed by atoms with Crippen molar-refractivity contribution in [1.82, 2.24) is 10.6 Å². The standard InChI is InChI=1S/C16H25NO2.C15H25NO4/c1-2-15(11-18)17-10-16(19)14-8-7-12-5-3-4-6-13(12)9-14;1-10(16-15(2,3)9-17)14(18)12-8-11(19-4)6-7-13(12)20-5/h7-9,15-19H,2-6,10-11H2,1H3;6-8,10,14,16-18H,9H2,1-5H3. The van der Waals surface area contributed by atoms with E-state index >= 15 is 0 Å². The maximum Gasteiger partial charge on any atom is 0.124 e. The number of hydrogen-bond acceptors (Lipinski definition) is 8. The smallest absolute Gasteiger partial charge is 0.124 e. The molecule has 2 aromatic carbocycles. The first-order chi connectivity index (χ1) is 18.6. The fraction of sp³-hybridized carbons (Fsp3) is 0.613. The van der Waals surface area contributed by atoms with Crippen LogP contribution in [0.3, 0.4) is 0 Å². The minimum Gasteiger partial charge on any atom is -0.497 e. The van der Waals surface area contributed by atoms with E-state index in [0.717, 1.165) is 18.4 Å². The Bertz CT molecular complexity index is 995. The van der Waals surface area contributed by atoms with Gasteiger partial charge in [0.25, 0.3) is 0 Å². The van der Waals surface area contributed by atoms with Crippen molar-refractivity contribution < 1.29 is 29.9 Å². The van der Waals surface area contributed by atoms with Gasteiger partial charge in [0.05, 0.1) is 39.6 Å². The monoisotopic (exact) mass is 546 g/mol. The van der Waals surface area contributed by atoms with E-state index in [4.69, 9.17) is 14.6 Å². The topological polar surface area (TPSA) is 123 Å². The summed E-state index contributed by atoms with van der Waals surface area (Å²) in [6.45, 7) is 8.24. The van der Waals surface area contributed by atoms with E-state index in [2.05, 4.69) is 22.8 Å². The molecule has 4 unspecified atom stereocenters. The molecule has 8 heteroatoms. The normalized spacial score (nSPS) is 16.3. The lowest BCUT2D eigenvalue weighted by Gasteiger charge is -2.31. The molecule has 1 aliphatic carbocycles. The minimum atomic E-state index is -0.772. The zero-order valence-electron chi connectivity index (χ0n) is 24.5. The van der Waals surface area contributed by atoms with Crippen molar-refractivity contribution in [1.29, 1.82) is 0 Å². The summed E-state index contributed by atoms with van der Waals surface area (Å²) in [5, 5.41) is 45.5. The lowest BCUT2D eigenvalue weighted by molar-refractivity contribution is 0.0970. The molecular formula is C31H50N2O6. The lowest BCUT2D eigenvalue weighted by atomic mass is 9.89. The molecule has 1 aliphatic rings. The van der Waals surface area contributed by atoms with Crippen LogP contribution in [0.2, 0.25) is 0 Å². The van der Waals surface area contributed by atoms with Gasteiger partial charge in [-0.2, -0.15) is 0 Å². The second-order valence-corrected chi connectivity index (χ2v) is 11.0. The molecule has 0 saturated carbocycles. The predicted octanol–water partition coefficient (Wildman–Crippen LogP) is 3.45. The number of methoxy groups -OCH3 is 2. The Morgan fingerprint density at radius 3 is 2.23 bits per heavy atom. The fourth-order valence-corrected chi connectivity index (χ4v) is 4.78. The highest BCUT2D eigenvalue weighted by Crippen LogP contribution is 2.31. The van der Waals surface area contributed by atoms with Gasteiger partial charge in [0.2, 0.25) is 0 Å². The van der Waals surface area contributed by atoms with Crippen molar-refractivity contribution in [3.8, 4) is 11.5 Å². The molecule has 6 N–H and O–H groups in total. The van der Waals surface area contributed by atoms with Crippen LogP contribution in [-0.4, -0.2) is 72.0 Å². The van der Waals surface area contributed by atoms with E-state index in [1.54, 1.807) is 32.4 Å². The second-order valence-electron chi connectivity index (χ2n) is 11.0. The SMILES string of the molecule is CCC(CO)NCC(O)c1ccc2c(c1)CCCC2.COc1ccc(OC)c(C(O)C(C)NC(C)(C)CO)c1. The van der Waals surface area contributed by atoms with Crippen molar-refractivity contribution in [2.24, 2.45) is 0 Å². The molecule has 0 aliphatic heterocycles. The van der Waals surface area contributed by atoms with Crippen LogP contribution in [0.15, 0.2) is 36.4 Å². The molecule has 0 amide bonds. The maximum absolute atomic E-state index is 10.5. The Labute approximate surface area is 234 Å². The third-order valence-corrected chi connectivity index (χ3v) is 7.31.